The van der Waals surface area contributed by atoms with E-state index in [1.54, 1.807) is 11.0 Å². The molecule has 0 aliphatic carbocycles. The lowest BCUT2D eigenvalue weighted by molar-refractivity contribution is -0.137. The number of anilines is 1. The number of likely N-dealkylation sites (tertiary alicyclic amines) is 1. The number of carbonyl (C=O) groups is 2. The Balaban J connectivity index is 1.43. The molecule has 2 N–H and O–H groups in total. The van der Waals surface area contributed by atoms with Gasteiger partial charge in [0, 0.05) is 25.3 Å². The summed E-state index contributed by atoms with van der Waals surface area (Å²) < 4.78 is 43.1. The fourth-order valence-electron chi connectivity index (χ4n) is 3.09. The van der Waals surface area contributed by atoms with Crippen molar-refractivity contribution >= 4 is 17.6 Å². The molecule has 1 aliphatic rings. The van der Waals surface area contributed by atoms with Crippen LogP contribution in [-0.2, 0) is 6.18 Å². The summed E-state index contributed by atoms with van der Waals surface area (Å²) in [6.45, 7) is 1.54. The number of carbonyl (C=O) groups excluding carboxylic acids is 2. The van der Waals surface area contributed by atoms with E-state index < -0.39 is 17.8 Å². The zero-order valence-electron chi connectivity index (χ0n) is 15.0. The number of urea groups is 1. The van der Waals surface area contributed by atoms with Gasteiger partial charge < -0.3 is 20.0 Å². The molecular weight excluding hydrogens is 375 g/mol. The Morgan fingerprint density at radius 2 is 1.93 bits per heavy atom. The second-order valence-electron chi connectivity index (χ2n) is 6.66. The zero-order valence-corrected chi connectivity index (χ0v) is 15.0. The van der Waals surface area contributed by atoms with Crippen molar-refractivity contribution in [2.24, 2.45) is 5.92 Å². The van der Waals surface area contributed by atoms with E-state index in [0.29, 0.717) is 25.2 Å². The predicted molar refractivity (Wildman–Crippen MR) is 95.8 cm³/mol. The Hall–Kier alpha value is -2.97. The summed E-state index contributed by atoms with van der Waals surface area (Å²) in [5.74, 6) is 0.114. The van der Waals surface area contributed by atoms with Crippen LogP contribution in [0.25, 0.3) is 0 Å². The van der Waals surface area contributed by atoms with Crippen LogP contribution in [-0.4, -0.2) is 36.5 Å². The van der Waals surface area contributed by atoms with Crippen LogP contribution in [0.2, 0.25) is 0 Å². The van der Waals surface area contributed by atoms with Crippen molar-refractivity contribution in [2.45, 2.75) is 19.0 Å². The van der Waals surface area contributed by atoms with Gasteiger partial charge in [-0.05, 0) is 43.0 Å². The minimum absolute atomic E-state index is 0.0767. The normalized spacial score (nSPS) is 15.3. The first-order valence-corrected chi connectivity index (χ1v) is 8.86. The van der Waals surface area contributed by atoms with Gasteiger partial charge in [0.2, 0.25) is 0 Å². The zero-order chi connectivity index (χ0) is 20.1. The molecule has 0 bridgehead atoms. The van der Waals surface area contributed by atoms with E-state index in [2.05, 4.69) is 10.6 Å². The smallest absolute Gasteiger partial charge is 0.416 e. The molecule has 1 aromatic carbocycles. The number of halogens is 3. The summed E-state index contributed by atoms with van der Waals surface area (Å²) in [5.41, 5.74) is -0.232. The van der Waals surface area contributed by atoms with Crippen LogP contribution in [0.5, 0.6) is 0 Å². The topological polar surface area (TPSA) is 74.6 Å². The highest BCUT2D eigenvalue weighted by Gasteiger charge is 2.30. The number of hydrogen-bond donors (Lipinski definition) is 2. The van der Waals surface area contributed by atoms with Crippen molar-refractivity contribution in [3.05, 3.63) is 54.0 Å². The monoisotopic (exact) mass is 395 g/mol. The quantitative estimate of drug-likeness (QED) is 0.823. The largest absolute Gasteiger partial charge is 0.472 e. The lowest BCUT2D eigenvalue weighted by atomic mass is 9.96. The number of nitrogens with one attached hydrogen (secondary N) is 2. The molecule has 1 fully saturated rings. The maximum absolute atomic E-state index is 12.7. The van der Waals surface area contributed by atoms with Crippen molar-refractivity contribution in [1.29, 1.82) is 0 Å². The first-order chi connectivity index (χ1) is 13.3. The first kappa shape index (κ1) is 19.8. The van der Waals surface area contributed by atoms with Gasteiger partial charge in [0.25, 0.3) is 5.91 Å². The SMILES string of the molecule is O=C(NCC1CCN(C(=O)c2ccoc2)CC1)Nc1cccc(C(F)(F)F)c1. The molecule has 2 aromatic rings. The fourth-order valence-corrected chi connectivity index (χ4v) is 3.09. The van der Waals surface area contributed by atoms with E-state index >= 15 is 0 Å². The van der Waals surface area contributed by atoms with Crippen LogP contribution in [0.15, 0.2) is 47.3 Å². The van der Waals surface area contributed by atoms with Gasteiger partial charge >= 0.3 is 12.2 Å². The summed E-state index contributed by atoms with van der Waals surface area (Å²) in [5, 5.41) is 5.10. The Bertz CT molecular complexity index is 813. The molecule has 0 unspecified atom stereocenters. The Morgan fingerprint density at radius 3 is 2.57 bits per heavy atom. The van der Waals surface area contributed by atoms with Crippen LogP contribution >= 0.6 is 0 Å². The Morgan fingerprint density at radius 1 is 1.18 bits per heavy atom. The molecule has 0 saturated carbocycles. The van der Waals surface area contributed by atoms with Crippen molar-refractivity contribution in [2.75, 3.05) is 25.0 Å². The average Bonchev–Trinajstić information content (AvgIpc) is 3.20. The molecule has 6 nitrogen and oxygen atoms in total. The minimum Gasteiger partial charge on any atom is -0.472 e. The highest BCUT2D eigenvalue weighted by Crippen LogP contribution is 2.30. The standard InChI is InChI=1S/C19H20F3N3O3/c20-19(21,22)15-2-1-3-16(10-15)24-18(27)23-11-13-4-7-25(8-5-13)17(26)14-6-9-28-12-14/h1-3,6,9-10,12-13H,4-5,7-8,11H2,(H2,23,24,27). The molecule has 1 aliphatic heterocycles. The molecule has 2 heterocycles. The second-order valence-corrected chi connectivity index (χ2v) is 6.66. The molecule has 1 aromatic heterocycles. The van der Waals surface area contributed by atoms with E-state index in [1.165, 1.54) is 24.7 Å². The van der Waals surface area contributed by atoms with Crippen molar-refractivity contribution in [3.63, 3.8) is 0 Å². The molecule has 1 saturated heterocycles. The summed E-state index contributed by atoms with van der Waals surface area (Å²) >= 11 is 0. The fraction of sp³-hybridized carbons (Fsp3) is 0.368. The third kappa shape index (κ3) is 5.05. The van der Waals surface area contributed by atoms with Crippen LogP contribution in [0.1, 0.15) is 28.8 Å². The van der Waals surface area contributed by atoms with Gasteiger partial charge in [0.1, 0.15) is 6.26 Å². The van der Waals surface area contributed by atoms with Crippen LogP contribution in [0.4, 0.5) is 23.7 Å². The summed E-state index contributed by atoms with van der Waals surface area (Å²) in [6, 6.07) is 5.53. The lowest BCUT2D eigenvalue weighted by Crippen LogP contribution is -2.42. The van der Waals surface area contributed by atoms with Crippen LogP contribution in [0, 0.1) is 5.92 Å². The summed E-state index contributed by atoms with van der Waals surface area (Å²) in [4.78, 5) is 25.9. The summed E-state index contributed by atoms with van der Waals surface area (Å²) in [6.07, 6.45) is -0.141. The van der Waals surface area contributed by atoms with Crippen molar-refractivity contribution < 1.29 is 27.2 Å². The highest BCUT2D eigenvalue weighted by molar-refractivity contribution is 5.93. The van der Waals surface area contributed by atoms with Gasteiger partial charge in [-0.25, -0.2) is 4.79 Å². The molecule has 0 radical (unpaired) electrons. The van der Waals surface area contributed by atoms with Crippen molar-refractivity contribution in [1.82, 2.24) is 10.2 Å². The Kier molecular flexibility index (Phi) is 5.91. The van der Waals surface area contributed by atoms with Gasteiger partial charge in [-0.1, -0.05) is 6.07 Å². The molecule has 0 atom stereocenters. The molecule has 3 amide bonds. The lowest BCUT2D eigenvalue weighted by Gasteiger charge is -2.31. The van der Waals surface area contributed by atoms with Gasteiger partial charge in [-0.3, -0.25) is 4.79 Å². The summed E-state index contributed by atoms with van der Waals surface area (Å²) in [7, 11) is 0. The van der Waals surface area contributed by atoms with Gasteiger partial charge in [0.15, 0.2) is 0 Å². The molecule has 150 valence electrons. The van der Waals surface area contributed by atoms with E-state index in [1.807, 2.05) is 0 Å². The van der Waals surface area contributed by atoms with Crippen LogP contribution in [0.3, 0.4) is 0 Å². The third-order valence-corrected chi connectivity index (χ3v) is 4.67. The number of amides is 3. The van der Waals surface area contributed by atoms with Gasteiger partial charge in [-0.2, -0.15) is 13.2 Å². The predicted octanol–water partition coefficient (Wildman–Crippen LogP) is 3.97. The minimum atomic E-state index is -4.46. The molecule has 3 rings (SSSR count). The number of hydrogen-bond acceptors (Lipinski definition) is 3. The molecular formula is C19H20F3N3O3. The molecule has 28 heavy (non-hydrogen) atoms. The number of nitrogens with zero attached hydrogens (tertiary/aromatic N) is 1. The van der Waals surface area contributed by atoms with Gasteiger partial charge in [0.05, 0.1) is 17.4 Å². The number of piperidine rings is 1. The maximum Gasteiger partial charge on any atom is 0.416 e. The Labute approximate surface area is 159 Å². The average molecular weight is 395 g/mol. The van der Waals surface area contributed by atoms with E-state index in [-0.39, 0.29) is 17.5 Å². The van der Waals surface area contributed by atoms with Gasteiger partial charge in [-0.15, -0.1) is 0 Å². The maximum atomic E-state index is 12.7. The first-order valence-electron chi connectivity index (χ1n) is 8.86. The third-order valence-electron chi connectivity index (χ3n) is 4.67. The number of rotatable bonds is 4. The highest BCUT2D eigenvalue weighted by atomic mass is 19.4. The molecule has 0 spiro atoms. The van der Waals surface area contributed by atoms with E-state index in [0.717, 1.165) is 25.0 Å². The van der Waals surface area contributed by atoms with E-state index in [9.17, 15) is 22.8 Å². The van der Waals surface area contributed by atoms with E-state index in [4.69, 9.17) is 4.42 Å². The number of alkyl halides is 3. The number of furan rings is 1. The second kappa shape index (κ2) is 8.37. The number of benzene rings is 1. The van der Waals surface area contributed by atoms with Crippen LogP contribution < -0.4 is 10.6 Å². The van der Waals surface area contributed by atoms with Crippen molar-refractivity contribution in [3.8, 4) is 0 Å². The molecule has 9 heteroatoms.